The monoisotopic (exact) mass is 513 g/mol. The van der Waals surface area contributed by atoms with Crippen LogP contribution in [0.1, 0.15) is 72.8 Å². The molecule has 1 aromatic heterocycles. The van der Waals surface area contributed by atoms with Crippen LogP contribution in [0, 0.1) is 0 Å². The Kier molecular flexibility index (Phi) is 6.42. The molecule has 1 unspecified atom stereocenters. The molecule has 37 heavy (non-hydrogen) atoms. The molecule has 1 N–H and O–H groups in total. The predicted octanol–water partition coefficient (Wildman–Crippen LogP) is 8.12. The average Bonchev–Trinajstić information content (AvgIpc) is 3.42. The molecular weight excluding hydrogens is 486 g/mol. The van der Waals surface area contributed by atoms with Crippen molar-refractivity contribution in [2.45, 2.75) is 45.6 Å². The van der Waals surface area contributed by atoms with Gasteiger partial charge < -0.3 is 9.52 Å². The third-order valence-corrected chi connectivity index (χ3v) is 7.15. The fourth-order valence-corrected chi connectivity index (χ4v) is 4.94. The molecule has 5 nitrogen and oxygen atoms in total. The first-order valence-electron chi connectivity index (χ1n) is 12.4. The van der Waals surface area contributed by atoms with E-state index in [9.17, 15) is 14.7 Å². The van der Waals surface area contributed by atoms with Gasteiger partial charge in [0.2, 0.25) is 5.78 Å². The van der Waals surface area contributed by atoms with E-state index in [0.717, 1.165) is 16.7 Å². The van der Waals surface area contributed by atoms with Crippen LogP contribution in [0.15, 0.2) is 88.5 Å². The Bertz CT molecular complexity index is 1530. The van der Waals surface area contributed by atoms with E-state index in [0.29, 0.717) is 33.5 Å². The number of aliphatic hydroxyl groups is 1. The number of anilines is 1. The van der Waals surface area contributed by atoms with Gasteiger partial charge in [-0.2, -0.15) is 0 Å². The maximum atomic E-state index is 13.8. The first-order chi connectivity index (χ1) is 17.7. The molecule has 188 valence electrons. The molecule has 1 atom stereocenters. The van der Waals surface area contributed by atoms with Gasteiger partial charge in [0.1, 0.15) is 5.58 Å². The van der Waals surface area contributed by atoms with Crippen LogP contribution in [0.4, 0.5) is 5.69 Å². The molecule has 4 aromatic rings. The lowest BCUT2D eigenvalue weighted by molar-refractivity contribution is -0.117. The van der Waals surface area contributed by atoms with Gasteiger partial charge in [-0.3, -0.25) is 14.5 Å². The number of ketones is 1. The smallest absolute Gasteiger partial charge is 0.294 e. The first kappa shape index (κ1) is 24.8. The summed E-state index contributed by atoms with van der Waals surface area (Å²) in [7, 11) is 0. The van der Waals surface area contributed by atoms with E-state index < -0.39 is 23.5 Å². The Morgan fingerprint density at radius 3 is 2.08 bits per heavy atom. The number of carbonyl (C=O) groups excluding carboxylic acids is 2. The second kappa shape index (κ2) is 9.56. The van der Waals surface area contributed by atoms with Gasteiger partial charge in [-0.15, -0.1) is 0 Å². The highest BCUT2D eigenvalue weighted by molar-refractivity contribution is 6.31. The zero-order valence-electron chi connectivity index (χ0n) is 21.2. The number of fused-ring (bicyclic) bond motifs is 1. The summed E-state index contributed by atoms with van der Waals surface area (Å²) < 4.78 is 5.82. The number of benzene rings is 3. The molecule has 6 heteroatoms. The molecule has 2 heterocycles. The minimum Gasteiger partial charge on any atom is -0.503 e. The summed E-state index contributed by atoms with van der Waals surface area (Å²) in [4.78, 5) is 28.8. The summed E-state index contributed by atoms with van der Waals surface area (Å²) in [5.74, 6) is -1.06. The van der Waals surface area contributed by atoms with E-state index in [1.807, 2.05) is 48.5 Å². The van der Waals surface area contributed by atoms with Crippen LogP contribution in [0.3, 0.4) is 0 Å². The van der Waals surface area contributed by atoms with E-state index in [4.69, 9.17) is 16.0 Å². The van der Waals surface area contributed by atoms with Crippen molar-refractivity contribution >= 4 is 39.9 Å². The Hall–Kier alpha value is -3.83. The standard InChI is InChI=1S/C31H28ClNO4/c1-17(2)19-5-7-21(8-6-19)28-27(29(34)26-16-22-15-23(32)11-14-25(22)37-26)30(35)31(36)33(28)24-12-9-20(10-13-24)18(3)4/h5-18,28,35H,1-4H3. The number of carbonyl (C=O) groups is 2. The molecule has 3 aromatic carbocycles. The lowest BCUT2D eigenvalue weighted by Crippen LogP contribution is -2.31. The van der Waals surface area contributed by atoms with Gasteiger partial charge >= 0.3 is 0 Å². The lowest BCUT2D eigenvalue weighted by atomic mass is 9.92. The lowest BCUT2D eigenvalue weighted by Gasteiger charge is -2.27. The molecule has 0 fully saturated rings. The van der Waals surface area contributed by atoms with Gasteiger partial charge in [-0.05, 0) is 64.9 Å². The number of nitrogens with zero attached hydrogens (tertiary/aromatic N) is 1. The van der Waals surface area contributed by atoms with Crippen LogP contribution in [-0.2, 0) is 4.79 Å². The second-order valence-electron chi connectivity index (χ2n) is 10.0. The summed E-state index contributed by atoms with van der Waals surface area (Å²) in [5, 5.41) is 12.2. The molecule has 0 spiro atoms. The van der Waals surface area contributed by atoms with Gasteiger partial charge in [0.15, 0.2) is 11.5 Å². The fraction of sp³-hybridized carbons (Fsp3) is 0.226. The number of hydrogen-bond donors (Lipinski definition) is 1. The van der Waals surface area contributed by atoms with Crippen LogP contribution in [0.5, 0.6) is 0 Å². The Labute approximate surface area is 221 Å². The summed E-state index contributed by atoms with van der Waals surface area (Å²) in [6.07, 6.45) is 0. The van der Waals surface area contributed by atoms with Crippen LogP contribution in [0.25, 0.3) is 11.0 Å². The summed E-state index contributed by atoms with van der Waals surface area (Å²) in [5.41, 5.74) is 4.06. The van der Waals surface area contributed by atoms with Crippen LogP contribution in [-0.4, -0.2) is 16.8 Å². The SMILES string of the molecule is CC(C)c1ccc(C2C(C(=O)c3cc4cc(Cl)ccc4o3)=C(O)C(=O)N2c2ccc(C(C)C)cc2)cc1. The quantitative estimate of drug-likeness (QED) is 0.264. The van der Waals surface area contributed by atoms with Crippen molar-refractivity contribution in [3.8, 4) is 0 Å². The van der Waals surface area contributed by atoms with Crippen molar-refractivity contribution in [3.05, 3.63) is 112 Å². The molecule has 1 aliphatic heterocycles. The minimum atomic E-state index is -0.817. The minimum absolute atomic E-state index is 0.0135. The summed E-state index contributed by atoms with van der Waals surface area (Å²) >= 11 is 6.11. The molecule has 0 aliphatic carbocycles. The van der Waals surface area contributed by atoms with E-state index in [1.54, 1.807) is 24.3 Å². The number of halogens is 1. The first-order valence-corrected chi connectivity index (χ1v) is 12.7. The molecule has 0 saturated heterocycles. The topological polar surface area (TPSA) is 70.7 Å². The predicted molar refractivity (Wildman–Crippen MR) is 146 cm³/mol. The number of amides is 1. The van der Waals surface area contributed by atoms with Gasteiger partial charge in [0.25, 0.3) is 5.91 Å². The van der Waals surface area contributed by atoms with Gasteiger partial charge in [-0.25, -0.2) is 0 Å². The normalized spacial score (nSPS) is 16.0. The van der Waals surface area contributed by atoms with Gasteiger partial charge in [-0.1, -0.05) is 75.7 Å². The molecule has 5 rings (SSSR count). The third kappa shape index (κ3) is 4.44. The van der Waals surface area contributed by atoms with E-state index in [2.05, 4.69) is 27.7 Å². The Balaban J connectivity index is 1.63. The van der Waals surface area contributed by atoms with Crippen molar-refractivity contribution in [2.24, 2.45) is 0 Å². The largest absolute Gasteiger partial charge is 0.503 e. The van der Waals surface area contributed by atoms with Crippen molar-refractivity contribution < 1.29 is 19.1 Å². The van der Waals surface area contributed by atoms with Crippen LogP contribution < -0.4 is 4.90 Å². The molecule has 0 radical (unpaired) electrons. The average molecular weight is 514 g/mol. The number of rotatable bonds is 6. The van der Waals surface area contributed by atoms with Crippen molar-refractivity contribution in [3.63, 3.8) is 0 Å². The summed E-state index contributed by atoms with van der Waals surface area (Å²) in [6, 6.07) is 21.3. The van der Waals surface area contributed by atoms with Crippen LogP contribution in [0.2, 0.25) is 5.02 Å². The van der Waals surface area contributed by atoms with E-state index in [-0.39, 0.29) is 11.3 Å². The highest BCUT2D eigenvalue weighted by Crippen LogP contribution is 2.43. The Morgan fingerprint density at radius 2 is 1.49 bits per heavy atom. The third-order valence-electron chi connectivity index (χ3n) is 6.91. The summed E-state index contributed by atoms with van der Waals surface area (Å²) in [6.45, 7) is 8.40. The van der Waals surface area contributed by atoms with Crippen molar-refractivity contribution in [2.75, 3.05) is 4.90 Å². The van der Waals surface area contributed by atoms with Gasteiger partial charge in [0.05, 0.1) is 11.6 Å². The van der Waals surface area contributed by atoms with Crippen LogP contribution >= 0.6 is 11.6 Å². The van der Waals surface area contributed by atoms with E-state index in [1.165, 1.54) is 4.90 Å². The molecule has 1 aliphatic rings. The van der Waals surface area contributed by atoms with E-state index >= 15 is 0 Å². The zero-order chi connectivity index (χ0) is 26.4. The highest BCUT2D eigenvalue weighted by Gasteiger charge is 2.45. The highest BCUT2D eigenvalue weighted by atomic mass is 35.5. The maximum Gasteiger partial charge on any atom is 0.294 e. The molecular formula is C31H28ClNO4. The number of furan rings is 1. The Morgan fingerprint density at radius 1 is 0.892 bits per heavy atom. The molecule has 0 saturated carbocycles. The number of aliphatic hydroxyl groups excluding tert-OH is 1. The van der Waals surface area contributed by atoms with Crippen molar-refractivity contribution in [1.82, 2.24) is 0 Å². The molecule has 1 amide bonds. The maximum absolute atomic E-state index is 13.8. The number of hydrogen-bond acceptors (Lipinski definition) is 4. The zero-order valence-corrected chi connectivity index (χ0v) is 21.9. The van der Waals surface area contributed by atoms with Crippen molar-refractivity contribution in [1.29, 1.82) is 0 Å². The second-order valence-corrected chi connectivity index (χ2v) is 10.5. The van der Waals surface area contributed by atoms with Gasteiger partial charge in [0, 0.05) is 16.1 Å². The molecule has 0 bridgehead atoms. The number of Topliss-reactive ketones (excluding diaryl/α,β-unsaturated/α-hetero) is 1. The fourth-order valence-electron chi connectivity index (χ4n) is 4.76.